The molecule has 2 heteroatoms. The second-order valence-electron chi connectivity index (χ2n) is 7.02. The zero-order chi connectivity index (χ0) is 11.8. The van der Waals surface area contributed by atoms with Gasteiger partial charge in [-0.15, -0.1) is 0 Å². The first-order chi connectivity index (χ1) is 5.86. The van der Waals surface area contributed by atoms with E-state index < -0.39 is 7.80 Å². The molecule has 84 valence electrons. The van der Waals surface area contributed by atoms with Crippen LogP contribution in [0, 0.1) is 5.41 Å². The fraction of sp³-hybridized carbons (Fsp3) is 1.00. The number of rotatable bonds is 2. The molecular weight excluding hydrogens is 191 g/mol. The van der Waals surface area contributed by atoms with E-state index in [0.29, 0.717) is 0 Å². The largest absolute Gasteiger partial charge is 0.349 e. The zero-order valence-electron chi connectivity index (χ0n) is 11.1. The summed E-state index contributed by atoms with van der Waals surface area (Å²) >= 11 is 0. The molecule has 0 rings (SSSR count). The Morgan fingerprint density at radius 3 is 1.43 bits per heavy atom. The lowest BCUT2D eigenvalue weighted by molar-refractivity contribution is 0.329. The monoisotopic (exact) mass is 217 g/mol. The first-order valence-electron chi connectivity index (χ1n) is 5.34. The molecule has 0 aliphatic carbocycles. The van der Waals surface area contributed by atoms with Crippen molar-refractivity contribution in [1.82, 2.24) is 0 Å². The Labute approximate surface area is 90.5 Å². The van der Waals surface area contributed by atoms with Crippen LogP contribution in [-0.2, 0) is 4.57 Å². The summed E-state index contributed by atoms with van der Waals surface area (Å²) in [7, 11) is -1.18. The van der Waals surface area contributed by atoms with Crippen molar-refractivity contribution in [3.63, 3.8) is 0 Å². The lowest BCUT2D eigenvalue weighted by atomic mass is 9.86. The fourth-order valence-electron chi connectivity index (χ4n) is 2.28. The molecule has 1 atom stereocenters. The Bertz CT molecular complexity index is 215. The third-order valence-electron chi connectivity index (χ3n) is 2.12. The van der Waals surface area contributed by atoms with E-state index in [2.05, 4.69) is 55.4 Å². The molecule has 1 unspecified atom stereocenters. The smallest absolute Gasteiger partial charge is 0.0736 e. The Balaban J connectivity index is 4.72. The predicted octanol–water partition coefficient (Wildman–Crippen LogP) is 4.83. The number of hydrogen-bond acceptors (Lipinski definition) is 1. The molecule has 0 aliphatic heterocycles. The summed E-state index contributed by atoms with van der Waals surface area (Å²) in [6.07, 6.45) is 1.01. The van der Waals surface area contributed by atoms with Gasteiger partial charge in [-0.25, -0.2) is 0 Å². The second kappa shape index (κ2) is 3.93. The van der Waals surface area contributed by atoms with Gasteiger partial charge in [0.15, 0.2) is 10.3 Å². The molecule has 14 heavy (non-hydrogen) atoms. The van der Waals surface area contributed by atoms with Gasteiger partial charge in [-0.1, -0.05) is 25.3 Å². The Kier molecular flexibility index (Phi) is 3.96. The van der Waals surface area contributed by atoms with E-state index in [-0.39, 0.29) is 15.7 Å². The van der Waals surface area contributed by atoms with Crippen LogP contribution in [0.1, 0.15) is 61.8 Å². The lowest BCUT2D eigenvalue weighted by Gasteiger charge is -2.27. The van der Waals surface area contributed by atoms with E-state index in [1.807, 2.05) is 0 Å². The third kappa shape index (κ3) is 4.55. The van der Waals surface area contributed by atoms with Gasteiger partial charge in [0, 0.05) is 6.42 Å². The molecule has 0 aromatic rings. The number of hydrogen-bond donors (Lipinski definition) is 0. The van der Waals surface area contributed by atoms with Crippen LogP contribution < -0.4 is 0 Å². The van der Waals surface area contributed by atoms with E-state index in [1.54, 1.807) is 0 Å². The van der Waals surface area contributed by atoms with E-state index in [1.165, 1.54) is 0 Å². The highest BCUT2D eigenvalue weighted by Gasteiger charge is 2.49. The maximum Gasteiger partial charge on any atom is 0.349 e. The summed E-state index contributed by atoms with van der Waals surface area (Å²) < 4.78 is 12.3. The zero-order valence-corrected chi connectivity index (χ0v) is 12.0. The molecule has 0 amide bonds. The van der Waals surface area contributed by atoms with Crippen LogP contribution in [-0.4, -0.2) is 10.3 Å². The van der Waals surface area contributed by atoms with Crippen molar-refractivity contribution in [2.24, 2.45) is 5.41 Å². The minimum absolute atomic E-state index is 0.0637. The van der Waals surface area contributed by atoms with Crippen LogP contribution in [0.25, 0.3) is 0 Å². The van der Waals surface area contributed by atoms with Crippen molar-refractivity contribution in [3.05, 3.63) is 0 Å². The van der Waals surface area contributed by atoms with Crippen LogP contribution in [0.2, 0.25) is 0 Å². The minimum Gasteiger partial charge on any atom is -0.0736 e. The van der Waals surface area contributed by atoms with E-state index >= 15 is 0 Å². The topological polar surface area (TPSA) is 17.1 Å². The second-order valence-corrected chi connectivity index (χ2v) is 10.2. The van der Waals surface area contributed by atoms with Crippen molar-refractivity contribution in [2.75, 3.05) is 0 Å². The first-order valence-corrected chi connectivity index (χ1v) is 6.60. The summed E-state index contributed by atoms with van der Waals surface area (Å²) in [5, 5.41) is -0.143. The van der Waals surface area contributed by atoms with E-state index in [4.69, 9.17) is 0 Å². The van der Waals surface area contributed by atoms with E-state index in [0.717, 1.165) is 6.42 Å². The van der Waals surface area contributed by atoms with Gasteiger partial charge in [0.1, 0.15) is 0 Å². The van der Waals surface area contributed by atoms with Crippen LogP contribution in [0.3, 0.4) is 0 Å². The molecule has 0 aromatic heterocycles. The molecule has 1 nitrogen and oxygen atoms in total. The average molecular weight is 217 g/mol. The van der Waals surface area contributed by atoms with Gasteiger partial charge >= 0.3 is 7.80 Å². The highest BCUT2D eigenvalue weighted by molar-refractivity contribution is 7.48. The molecule has 0 aliphatic rings. The minimum atomic E-state index is -1.18. The Morgan fingerprint density at radius 1 is 0.857 bits per heavy atom. The molecular formula is C12H26OP+. The van der Waals surface area contributed by atoms with Gasteiger partial charge in [0.05, 0.1) is 0 Å². The Morgan fingerprint density at radius 2 is 1.21 bits per heavy atom. The predicted molar refractivity (Wildman–Crippen MR) is 65.5 cm³/mol. The van der Waals surface area contributed by atoms with Crippen molar-refractivity contribution < 1.29 is 4.57 Å². The summed E-state index contributed by atoms with van der Waals surface area (Å²) in [6, 6.07) is 0. The molecule has 0 aromatic carbocycles. The van der Waals surface area contributed by atoms with Gasteiger partial charge in [0.25, 0.3) is 0 Å². The van der Waals surface area contributed by atoms with Gasteiger partial charge in [0.2, 0.25) is 0 Å². The van der Waals surface area contributed by atoms with Crippen LogP contribution >= 0.6 is 7.80 Å². The summed E-state index contributed by atoms with van der Waals surface area (Å²) in [4.78, 5) is 0. The molecule has 0 fully saturated rings. The normalized spacial score (nSPS) is 15.6. The van der Waals surface area contributed by atoms with Crippen LogP contribution in [0.5, 0.6) is 0 Å². The van der Waals surface area contributed by atoms with Gasteiger partial charge in [-0.3, -0.25) is 0 Å². The van der Waals surface area contributed by atoms with Crippen molar-refractivity contribution >= 4 is 7.80 Å². The maximum atomic E-state index is 12.3. The standard InChI is InChI=1S/C12H26OP/c1-10(2,3)9-12(7,8)14(13)11(4,5)6/h9H2,1-8H3/q+1. The average Bonchev–Trinajstić information content (AvgIpc) is 1.78. The van der Waals surface area contributed by atoms with E-state index in [9.17, 15) is 4.57 Å². The van der Waals surface area contributed by atoms with Crippen LogP contribution in [0.4, 0.5) is 0 Å². The van der Waals surface area contributed by atoms with Crippen LogP contribution in [0.15, 0.2) is 0 Å². The molecule has 0 spiro atoms. The van der Waals surface area contributed by atoms with Crippen molar-refractivity contribution in [3.8, 4) is 0 Å². The van der Waals surface area contributed by atoms with Gasteiger partial charge in [-0.2, -0.15) is 0 Å². The quantitative estimate of drug-likeness (QED) is 0.605. The lowest BCUT2D eigenvalue weighted by Crippen LogP contribution is -2.28. The third-order valence-corrected chi connectivity index (χ3v) is 4.60. The Hall–Kier alpha value is 0.100. The first kappa shape index (κ1) is 14.1. The molecule has 0 heterocycles. The fourth-order valence-corrected chi connectivity index (χ4v) is 4.71. The van der Waals surface area contributed by atoms with Gasteiger partial charge in [-0.05, 0) is 40.0 Å². The van der Waals surface area contributed by atoms with Gasteiger partial charge < -0.3 is 0 Å². The maximum absolute atomic E-state index is 12.3. The SMILES string of the molecule is CC(C)(C)CC(C)(C)[P+](=O)C(C)(C)C. The molecule has 0 saturated carbocycles. The molecule has 0 saturated heterocycles. The molecule has 0 bridgehead atoms. The van der Waals surface area contributed by atoms with Crippen molar-refractivity contribution in [2.45, 2.75) is 72.1 Å². The summed E-state index contributed by atoms with van der Waals surface area (Å²) in [6.45, 7) is 17.1. The molecule has 0 radical (unpaired) electrons. The highest BCUT2D eigenvalue weighted by Crippen LogP contribution is 2.53. The molecule has 0 N–H and O–H groups in total. The summed E-state index contributed by atoms with van der Waals surface area (Å²) in [5.74, 6) is 0. The highest BCUT2D eigenvalue weighted by atomic mass is 31.1. The van der Waals surface area contributed by atoms with Crippen molar-refractivity contribution in [1.29, 1.82) is 0 Å². The summed E-state index contributed by atoms with van der Waals surface area (Å²) in [5.41, 5.74) is 0.250.